The summed E-state index contributed by atoms with van der Waals surface area (Å²) in [6.07, 6.45) is 1.10. The maximum absolute atomic E-state index is 12.1. The molecule has 0 aliphatic rings. The van der Waals surface area contributed by atoms with Crippen LogP contribution < -0.4 is 4.74 Å². The summed E-state index contributed by atoms with van der Waals surface area (Å²) in [5.41, 5.74) is 1.35. The number of para-hydroxylation sites is 1. The van der Waals surface area contributed by atoms with Gasteiger partial charge in [-0.3, -0.25) is 0 Å². The molecule has 1 heterocycles. The van der Waals surface area contributed by atoms with E-state index >= 15 is 0 Å². The molecule has 1 N–H and O–H groups in total. The van der Waals surface area contributed by atoms with Gasteiger partial charge in [-0.05, 0) is 13.0 Å². The number of carbonyl (C=O) groups is 2. The van der Waals surface area contributed by atoms with E-state index in [1.165, 1.54) is 14.2 Å². The van der Waals surface area contributed by atoms with Crippen molar-refractivity contribution in [3.05, 3.63) is 35.9 Å². The Bertz CT molecular complexity index is 729. The number of hydrogen-bond donors (Lipinski definition) is 1. The Hall–Kier alpha value is -2.76. The van der Waals surface area contributed by atoms with Crippen molar-refractivity contribution in [2.75, 3.05) is 20.8 Å². The highest BCUT2D eigenvalue weighted by Gasteiger charge is 2.23. The van der Waals surface area contributed by atoms with E-state index in [0.717, 1.165) is 17.0 Å². The van der Waals surface area contributed by atoms with E-state index < -0.39 is 11.9 Å². The SMILES string of the molecule is CCOc1[nH]c2ccccc2c1/C(=C\C(=O)OC)C(=O)OC. The molecular formula is C16H17NO5. The van der Waals surface area contributed by atoms with Crippen LogP contribution in [0.15, 0.2) is 30.3 Å². The van der Waals surface area contributed by atoms with E-state index in [1.54, 1.807) is 0 Å². The summed E-state index contributed by atoms with van der Waals surface area (Å²) < 4.78 is 14.9. The van der Waals surface area contributed by atoms with E-state index in [4.69, 9.17) is 9.47 Å². The fourth-order valence-electron chi connectivity index (χ4n) is 2.16. The molecule has 6 heteroatoms. The van der Waals surface area contributed by atoms with Gasteiger partial charge in [-0.25, -0.2) is 9.59 Å². The molecule has 0 spiro atoms. The number of esters is 2. The number of methoxy groups -OCH3 is 2. The predicted octanol–water partition coefficient (Wildman–Crippen LogP) is 2.30. The van der Waals surface area contributed by atoms with Crippen molar-refractivity contribution in [1.29, 1.82) is 0 Å². The van der Waals surface area contributed by atoms with Crippen molar-refractivity contribution in [1.82, 2.24) is 4.98 Å². The van der Waals surface area contributed by atoms with Crippen LogP contribution >= 0.6 is 0 Å². The molecule has 6 nitrogen and oxygen atoms in total. The first-order valence-corrected chi connectivity index (χ1v) is 6.74. The number of carbonyl (C=O) groups excluding carboxylic acids is 2. The summed E-state index contributed by atoms with van der Waals surface area (Å²) in [6.45, 7) is 2.24. The number of H-pyrrole nitrogens is 1. The van der Waals surface area contributed by atoms with Gasteiger partial charge in [0.2, 0.25) is 0 Å². The minimum atomic E-state index is -0.645. The molecule has 1 aromatic heterocycles. The molecular weight excluding hydrogens is 286 g/mol. The Morgan fingerprint density at radius 1 is 1.18 bits per heavy atom. The largest absolute Gasteiger partial charge is 0.479 e. The summed E-state index contributed by atoms with van der Waals surface area (Å²) in [5.74, 6) is -0.881. The van der Waals surface area contributed by atoms with Gasteiger partial charge in [0.15, 0.2) is 5.88 Å². The summed E-state index contributed by atoms with van der Waals surface area (Å²) in [5, 5.41) is 0.756. The van der Waals surface area contributed by atoms with Crippen molar-refractivity contribution in [2.45, 2.75) is 6.92 Å². The average Bonchev–Trinajstić information content (AvgIpc) is 2.89. The molecule has 2 aromatic rings. The smallest absolute Gasteiger partial charge is 0.338 e. The molecule has 0 bridgehead atoms. The van der Waals surface area contributed by atoms with Crippen LogP contribution in [0.4, 0.5) is 0 Å². The number of rotatable bonds is 5. The number of aromatic amines is 1. The number of ether oxygens (including phenoxy) is 3. The first-order valence-electron chi connectivity index (χ1n) is 6.74. The number of aromatic nitrogens is 1. The fourth-order valence-corrected chi connectivity index (χ4v) is 2.16. The molecule has 0 aliphatic carbocycles. The Morgan fingerprint density at radius 3 is 2.55 bits per heavy atom. The van der Waals surface area contributed by atoms with E-state index in [1.807, 2.05) is 31.2 Å². The standard InChI is InChI=1S/C16H17NO5/c1-4-22-15-14(10-7-5-6-8-12(10)17-15)11(16(19)21-3)9-13(18)20-2/h5-9,17H,4H2,1-3H3/b11-9+. The monoisotopic (exact) mass is 303 g/mol. The highest BCUT2D eigenvalue weighted by Crippen LogP contribution is 2.34. The lowest BCUT2D eigenvalue weighted by Gasteiger charge is -2.08. The van der Waals surface area contributed by atoms with Crippen molar-refractivity contribution >= 4 is 28.4 Å². The molecule has 0 saturated heterocycles. The first kappa shape index (κ1) is 15.6. The van der Waals surface area contributed by atoms with E-state index in [9.17, 15) is 9.59 Å². The van der Waals surface area contributed by atoms with Crippen LogP contribution in [0.3, 0.4) is 0 Å². The highest BCUT2D eigenvalue weighted by atomic mass is 16.5. The molecule has 116 valence electrons. The molecule has 2 rings (SSSR count). The Balaban J connectivity index is 2.71. The van der Waals surface area contributed by atoms with Crippen LogP contribution in [0, 0.1) is 0 Å². The van der Waals surface area contributed by atoms with Crippen LogP contribution in [0.25, 0.3) is 16.5 Å². The second-order valence-corrected chi connectivity index (χ2v) is 4.38. The quantitative estimate of drug-likeness (QED) is 0.677. The first-order chi connectivity index (χ1) is 10.6. The summed E-state index contributed by atoms with van der Waals surface area (Å²) in [6, 6.07) is 7.38. The van der Waals surface area contributed by atoms with Gasteiger partial charge in [-0.2, -0.15) is 0 Å². The zero-order valence-corrected chi connectivity index (χ0v) is 12.6. The van der Waals surface area contributed by atoms with Crippen LogP contribution in [-0.4, -0.2) is 37.7 Å². The molecule has 0 aliphatic heterocycles. The Labute approximate surface area is 127 Å². The zero-order valence-electron chi connectivity index (χ0n) is 12.6. The second-order valence-electron chi connectivity index (χ2n) is 4.38. The third kappa shape index (κ3) is 2.95. The van der Waals surface area contributed by atoms with Crippen LogP contribution in [0.1, 0.15) is 12.5 Å². The summed E-state index contributed by atoms with van der Waals surface area (Å²) >= 11 is 0. The third-order valence-corrected chi connectivity index (χ3v) is 3.10. The minimum absolute atomic E-state index is 0.0789. The van der Waals surface area contributed by atoms with E-state index in [0.29, 0.717) is 18.1 Å². The van der Waals surface area contributed by atoms with Gasteiger partial charge in [-0.15, -0.1) is 0 Å². The molecule has 0 saturated carbocycles. The molecule has 0 amide bonds. The van der Waals surface area contributed by atoms with Crippen LogP contribution in [0.2, 0.25) is 0 Å². The van der Waals surface area contributed by atoms with Crippen molar-refractivity contribution in [3.63, 3.8) is 0 Å². The number of fused-ring (bicyclic) bond motifs is 1. The highest BCUT2D eigenvalue weighted by molar-refractivity contribution is 6.24. The maximum Gasteiger partial charge on any atom is 0.338 e. The molecule has 22 heavy (non-hydrogen) atoms. The molecule has 0 unspecified atom stereocenters. The van der Waals surface area contributed by atoms with Crippen molar-refractivity contribution in [2.24, 2.45) is 0 Å². The lowest BCUT2D eigenvalue weighted by molar-refractivity contribution is -0.136. The van der Waals surface area contributed by atoms with Gasteiger partial charge < -0.3 is 19.2 Å². The van der Waals surface area contributed by atoms with Gasteiger partial charge in [0.1, 0.15) is 0 Å². The maximum atomic E-state index is 12.1. The predicted molar refractivity (Wildman–Crippen MR) is 81.5 cm³/mol. The number of benzene rings is 1. The average molecular weight is 303 g/mol. The Kier molecular flexibility index (Phi) is 4.83. The number of nitrogens with one attached hydrogen (secondary N) is 1. The lowest BCUT2D eigenvalue weighted by Crippen LogP contribution is -2.08. The normalized spacial score (nSPS) is 11.3. The van der Waals surface area contributed by atoms with E-state index in [2.05, 4.69) is 9.72 Å². The van der Waals surface area contributed by atoms with Gasteiger partial charge in [0, 0.05) is 17.0 Å². The van der Waals surface area contributed by atoms with Crippen LogP contribution in [-0.2, 0) is 19.1 Å². The number of hydrogen-bond acceptors (Lipinski definition) is 5. The summed E-state index contributed by atoms with van der Waals surface area (Å²) in [7, 11) is 2.50. The van der Waals surface area contributed by atoms with Gasteiger partial charge >= 0.3 is 11.9 Å². The molecule has 0 radical (unpaired) electrons. The molecule has 0 fully saturated rings. The lowest BCUT2D eigenvalue weighted by atomic mass is 10.0. The second kappa shape index (κ2) is 6.80. The van der Waals surface area contributed by atoms with Gasteiger partial charge in [0.05, 0.1) is 32.0 Å². The zero-order chi connectivity index (χ0) is 16.1. The Morgan fingerprint density at radius 2 is 1.91 bits per heavy atom. The topological polar surface area (TPSA) is 77.6 Å². The van der Waals surface area contributed by atoms with Crippen molar-refractivity contribution < 1.29 is 23.8 Å². The van der Waals surface area contributed by atoms with E-state index in [-0.39, 0.29) is 5.57 Å². The van der Waals surface area contributed by atoms with Crippen LogP contribution in [0.5, 0.6) is 5.88 Å². The molecule has 1 aromatic carbocycles. The van der Waals surface area contributed by atoms with Crippen molar-refractivity contribution in [3.8, 4) is 5.88 Å². The minimum Gasteiger partial charge on any atom is -0.479 e. The third-order valence-electron chi connectivity index (χ3n) is 3.10. The fraction of sp³-hybridized carbons (Fsp3) is 0.250. The summed E-state index contributed by atoms with van der Waals surface area (Å²) in [4.78, 5) is 26.8. The van der Waals surface area contributed by atoms with Gasteiger partial charge in [0.25, 0.3) is 0 Å². The molecule has 0 atom stereocenters. The van der Waals surface area contributed by atoms with Gasteiger partial charge in [-0.1, -0.05) is 18.2 Å².